The number of anilines is 2. The van der Waals surface area contributed by atoms with Gasteiger partial charge in [-0.3, -0.25) is 9.69 Å². The number of carbonyl (C=O) groups excluding carboxylic acids is 2. The molecule has 3 aromatic rings. The lowest BCUT2D eigenvalue weighted by Gasteiger charge is -2.32. The molecule has 10 nitrogen and oxygen atoms in total. The van der Waals surface area contributed by atoms with Crippen LogP contribution in [0.5, 0.6) is 0 Å². The molecule has 0 unspecified atom stereocenters. The number of benzene rings is 3. The van der Waals surface area contributed by atoms with Crippen LogP contribution in [0.3, 0.4) is 0 Å². The number of rotatable bonds is 9. The van der Waals surface area contributed by atoms with Crippen LogP contribution in [-0.2, 0) is 19.6 Å². The number of carbonyl (C=O) groups is 2. The van der Waals surface area contributed by atoms with Crippen LogP contribution in [0.15, 0.2) is 71.6 Å². The third-order valence-corrected chi connectivity index (χ3v) is 9.05. The smallest absolute Gasteiger partial charge is 0.338 e. The monoisotopic (exact) mass is 589 g/mol. The van der Waals surface area contributed by atoms with E-state index in [0.717, 1.165) is 31.7 Å². The number of aryl methyl sites for hydroxylation is 1. The van der Waals surface area contributed by atoms with E-state index in [1.807, 2.05) is 30.3 Å². The zero-order chi connectivity index (χ0) is 29.9. The van der Waals surface area contributed by atoms with Gasteiger partial charge in [-0.25, -0.2) is 17.9 Å². The van der Waals surface area contributed by atoms with Crippen molar-refractivity contribution in [3.63, 3.8) is 0 Å². The molecule has 0 atom stereocenters. The average molecular weight is 590 g/mol. The average Bonchev–Trinajstić information content (AvgIpc) is 3.30. The van der Waals surface area contributed by atoms with Crippen LogP contribution in [0, 0.1) is 6.92 Å². The predicted molar refractivity (Wildman–Crippen MR) is 164 cm³/mol. The maximum atomic E-state index is 13.3. The fourth-order valence-electron chi connectivity index (χ4n) is 5.14. The normalized spacial score (nSPS) is 17.0. The molecule has 1 amide bonds. The first-order valence-electron chi connectivity index (χ1n) is 13.8. The molecule has 0 radical (unpaired) electrons. The van der Waals surface area contributed by atoms with E-state index in [-0.39, 0.29) is 10.8 Å². The summed E-state index contributed by atoms with van der Waals surface area (Å²) in [6, 6.07) is 19.3. The Morgan fingerprint density at radius 3 is 2.36 bits per heavy atom. The second-order valence-electron chi connectivity index (χ2n) is 10.5. The summed E-state index contributed by atoms with van der Waals surface area (Å²) in [4.78, 5) is 30.2. The number of ether oxygens (including phenoxy) is 1. The highest BCUT2D eigenvalue weighted by atomic mass is 32.2. The maximum Gasteiger partial charge on any atom is 0.338 e. The van der Waals surface area contributed by atoms with Gasteiger partial charge in [0.25, 0.3) is 5.91 Å². The third-order valence-electron chi connectivity index (χ3n) is 7.58. The summed E-state index contributed by atoms with van der Waals surface area (Å²) in [5, 5.41) is 6.21. The van der Waals surface area contributed by atoms with Crippen molar-refractivity contribution in [2.75, 3.05) is 64.1 Å². The molecule has 3 N–H and O–H groups in total. The van der Waals surface area contributed by atoms with Gasteiger partial charge in [-0.05, 0) is 61.5 Å². The number of piperazine rings is 1. The number of sulfonamides is 1. The molecule has 0 aliphatic carbocycles. The number of nitrogens with one attached hydrogen (secondary N) is 3. The van der Waals surface area contributed by atoms with E-state index in [0.29, 0.717) is 52.4 Å². The zero-order valence-corrected chi connectivity index (χ0v) is 24.8. The van der Waals surface area contributed by atoms with Crippen molar-refractivity contribution in [1.29, 1.82) is 0 Å². The van der Waals surface area contributed by atoms with E-state index >= 15 is 0 Å². The largest absolute Gasteiger partial charge is 0.465 e. The Bertz CT molecular complexity index is 1610. The number of hydrogen-bond donors (Lipinski definition) is 3. The second kappa shape index (κ2) is 12.5. The number of fused-ring (bicyclic) bond motifs is 1. The van der Waals surface area contributed by atoms with E-state index in [9.17, 15) is 18.0 Å². The Morgan fingerprint density at radius 2 is 1.69 bits per heavy atom. The number of esters is 1. The minimum Gasteiger partial charge on any atom is -0.465 e. The van der Waals surface area contributed by atoms with Gasteiger partial charge in [0.2, 0.25) is 10.0 Å². The minimum absolute atomic E-state index is 0.162. The summed E-state index contributed by atoms with van der Waals surface area (Å²) >= 11 is 0. The van der Waals surface area contributed by atoms with Crippen LogP contribution in [0.1, 0.15) is 27.0 Å². The quantitative estimate of drug-likeness (QED) is 0.257. The first-order valence-corrected chi connectivity index (χ1v) is 15.3. The van der Waals surface area contributed by atoms with Gasteiger partial charge in [0.05, 0.1) is 34.5 Å². The molecule has 2 heterocycles. The second-order valence-corrected chi connectivity index (χ2v) is 12.2. The Labute approximate surface area is 246 Å². The van der Waals surface area contributed by atoms with Crippen molar-refractivity contribution >= 4 is 44.5 Å². The van der Waals surface area contributed by atoms with Crippen molar-refractivity contribution < 1.29 is 22.7 Å². The first-order chi connectivity index (χ1) is 20.2. The summed E-state index contributed by atoms with van der Waals surface area (Å²) in [6.07, 6.45) is 0. The van der Waals surface area contributed by atoms with E-state index in [1.54, 1.807) is 43.3 Å². The van der Waals surface area contributed by atoms with Gasteiger partial charge in [-0.1, -0.05) is 30.3 Å². The molecule has 5 rings (SSSR count). The van der Waals surface area contributed by atoms with Crippen molar-refractivity contribution in [3.8, 4) is 0 Å². The van der Waals surface area contributed by atoms with Gasteiger partial charge in [-0.15, -0.1) is 0 Å². The molecule has 1 fully saturated rings. The zero-order valence-electron chi connectivity index (χ0n) is 23.9. The molecule has 2 aliphatic rings. The lowest BCUT2D eigenvalue weighted by Crippen LogP contribution is -2.46. The summed E-state index contributed by atoms with van der Waals surface area (Å²) in [6.45, 7) is 6.58. The number of hydrogen-bond acceptors (Lipinski definition) is 8. The maximum absolute atomic E-state index is 13.3. The van der Waals surface area contributed by atoms with Crippen molar-refractivity contribution in [2.45, 2.75) is 11.8 Å². The van der Waals surface area contributed by atoms with E-state index in [1.165, 1.54) is 7.11 Å². The summed E-state index contributed by atoms with van der Waals surface area (Å²) in [5.41, 5.74) is 4.57. The molecule has 220 valence electrons. The first kappa shape index (κ1) is 29.5. The van der Waals surface area contributed by atoms with Crippen LogP contribution in [-0.4, -0.2) is 83.5 Å². The Hall–Kier alpha value is -4.03. The fraction of sp³-hybridized carbons (Fsp3) is 0.290. The molecular formula is C31H35N5O5S. The number of likely N-dealkylation sites (N-methyl/N-ethyl adjacent to an activating group) is 1. The number of methoxy groups -OCH3 is 1. The number of amides is 1. The highest BCUT2D eigenvalue weighted by Crippen LogP contribution is 2.39. The third kappa shape index (κ3) is 6.39. The lowest BCUT2D eigenvalue weighted by molar-refractivity contribution is -0.110. The van der Waals surface area contributed by atoms with Gasteiger partial charge in [0, 0.05) is 50.5 Å². The SMILES string of the molecule is COC(=O)c1cc2c(cc1C)/C(=C(\Nc1ccc(S(=O)(=O)NCCN3CCN(C)CC3)cc1)c1ccccc1)C(=O)N2. The topological polar surface area (TPSA) is 120 Å². The summed E-state index contributed by atoms with van der Waals surface area (Å²) in [7, 11) is -0.278. The van der Waals surface area contributed by atoms with Gasteiger partial charge in [0.15, 0.2) is 0 Å². The van der Waals surface area contributed by atoms with Gasteiger partial charge in [0.1, 0.15) is 0 Å². The molecular weight excluding hydrogens is 554 g/mol. The van der Waals surface area contributed by atoms with Gasteiger partial charge >= 0.3 is 5.97 Å². The van der Waals surface area contributed by atoms with Crippen LogP contribution in [0.2, 0.25) is 0 Å². The van der Waals surface area contributed by atoms with Crippen LogP contribution in [0.25, 0.3) is 11.3 Å². The fourth-order valence-corrected chi connectivity index (χ4v) is 6.16. The van der Waals surface area contributed by atoms with Crippen molar-refractivity contribution in [2.24, 2.45) is 0 Å². The minimum atomic E-state index is -3.68. The van der Waals surface area contributed by atoms with Crippen molar-refractivity contribution in [3.05, 3.63) is 89.0 Å². The molecule has 0 spiro atoms. The number of nitrogens with zero attached hydrogens (tertiary/aromatic N) is 2. The van der Waals surface area contributed by atoms with E-state index < -0.39 is 16.0 Å². The highest BCUT2D eigenvalue weighted by Gasteiger charge is 2.30. The van der Waals surface area contributed by atoms with Crippen LogP contribution < -0.4 is 15.4 Å². The molecule has 11 heteroatoms. The summed E-state index contributed by atoms with van der Waals surface area (Å²) < 4.78 is 33.5. The highest BCUT2D eigenvalue weighted by molar-refractivity contribution is 7.89. The molecule has 1 saturated heterocycles. The van der Waals surface area contributed by atoms with Crippen LogP contribution in [0.4, 0.5) is 11.4 Å². The Balaban J connectivity index is 1.39. The van der Waals surface area contributed by atoms with E-state index in [2.05, 4.69) is 32.2 Å². The molecule has 2 aliphatic heterocycles. The van der Waals surface area contributed by atoms with E-state index in [4.69, 9.17) is 4.74 Å². The van der Waals surface area contributed by atoms with Crippen molar-refractivity contribution in [1.82, 2.24) is 14.5 Å². The molecule has 0 saturated carbocycles. The lowest BCUT2D eigenvalue weighted by atomic mass is 9.96. The molecule has 0 aromatic heterocycles. The Morgan fingerprint density at radius 1 is 1.00 bits per heavy atom. The Kier molecular flexibility index (Phi) is 8.74. The summed E-state index contributed by atoms with van der Waals surface area (Å²) in [5.74, 6) is -0.797. The molecule has 42 heavy (non-hydrogen) atoms. The molecule has 0 bridgehead atoms. The van der Waals surface area contributed by atoms with Gasteiger partial charge in [-0.2, -0.15) is 0 Å². The van der Waals surface area contributed by atoms with Gasteiger partial charge < -0.3 is 20.3 Å². The van der Waals surface area contributed by atoms with Crippen LogP contribution >= 0.6 is 0 Å². The predicted octanol–water partition coefficient (Wildman–Crippen LogP) is 3.24. The molecule has 3 aromatic carbocycles. The standard InChI is InChI=1S/C31H35N5O5S/c1-21-19-26-27(20-25(21)31(38)41-3)34-30(37)28(26)29(22-7-5-4-6-8-22)33-23-9-11-24(12-10-23)42(39,40)32-13-14-36-17-15-35(2)16-18-36/h4-12,19-20,32-33H,13-18H2,1-3H3,(H,34,37)/b29-28+.